The highest BCUT2D eigenvalue weighted by Crippen LogP contribution is 2.21. The summed E-state index contributed by atoms with van der Waals surface area (Å²) in [7, 11) is 0. The molecular formula is C19H29N5O2. The van der Waals surface area contributed by atoms with E-state index in [2.05, 4.69) is 14.9 Å². The fraction of sp³-hybridized carbons (Fsp3) is 0.737. The van der Waals surface area contributed by atoms with Crippen LogP contribution in [0.5, 0.6) is 0 Å². The van der Waals surface area contributed by atoms with Crippen LogP contribution in [0.2, 0.25) is 0 Å². The van der Waals surface area contributed by atoms with Gasteiger partial charge in [-0.25, -0.2) is 9.78 Å². The van der Waals surface area contributed by atoms with Crippen molar-refractivity contribution in [3.05, 3.63) is 17.7 Å². The van der Waals surface area contributed by atoms with Gasteiger partial charge in [0.1, 0.15) is 0 Å². The Balaban J connectivity index is 1.44. The summed E-state index contributed by atoms with van der Waals surface area (Å²) in [5, 5.41) is 3.23. The number of imidazole rings is 1. The SMILES string of the molecule is O=C1CCCN1Cc1ncn2c1CN(C(=O)NC1CCCCC1)CCC2. The molecule has 2 aliphatic heterocycles. The molecule has 0 bridgehead atoms. The summed E-state index contributed by atoms with van der Waals surface area (Å²) in [4.78, 5) is 33.1. The van der Waals surface area contributed by atoms with Crippen molar-refractivity contribution in [2.24, 2.45) is 0 Å². The third kappa shape index (κ3) is 3.71. The second-order valence-corrected chi connectivity index (χ2v) is 7.81. The number of urea groups is 1. The Morgan fingerprint density at radius 1 is 1.12 bits per heavy atom. The average Bonchev–Trinajstić information content (AvgIpc) is 3.15. The Hall–Kier alpha value is -2.05. The lowest BCUT2D eigenvalue weighted by Crippen LogP contribution is -2.45. The minimum atomic E-state index is 0.0507. The van der Waals surface area contributed by atoms with Gasteiger partial charge in [-0.15, -0.1) is 0 Å². The highest BCUT2D eigenvalue weighted by Gasteiger charge is 2.27. The summed E-state index contributed by atoms with van der Waals surface area (Å²) >= 11 is 0. The van der Waals surface area contributed by atoms with Gasteiger partial charge in [-0.3, -0.25) is 4.79 Å². The number of nitrogens with zero attached hydrogens (tertiary/aromatic N) is 4. The van der Waals surface area contributed by atoms with E-state index >= 15 is 0 Å². The summed E-state index contributed by atoms with van der Waals surface area (Å²) in [6, 6.07) is 0.376. The first-order chi connectivity index (χ1) is 12.7. The zero-order valence-electron chi connectivity index (χ0n) is 15.5. The van der Waals surface area contributed by atoms with Crippen LogP contribution in [0.3, 0.4) is 0 Å². The smallest absolute Gasteiger partial charge is 0.317 e. The molecule has 2 fully saturated rings. The minimum absolute atomic E-state index is 0.0507. The molecular weight excluding hydrogens is 330 g/mol. The van der Waals surface area contributed by atoms with Gasteiger partial charge >= 0.3 is 6.03 Å². The highest BCUT2D eigenvalue weighted by molar-refractivity contribution is 5.78. The number of amides is 3. The second-order valence-electron chi connectivity index (χ2n) is 7.81. The van der Waals surface area contributed by atoms with Crippen LogP contribution in [0.1, 0.15) is 62.8 Å². The van der Waals surface area contributed by atoms with E-state index in [0.29, 0.717) is 25.6 Å². The Kier molecular flexibility index (Phi) is 5.13. The molecule has 0 unspecified atom stereocenters. The predicted molar refractivity (Wildman–Crippen MR) is 97.3 cm³/mol. The fourth-order valence-electron chi connectivity index (χ4n) is 4.39. The first-order valence-corrected chi connectivity index (χ1v) is 10.1. The quantitative estimate of drug-likeness (QED) is 0.900. The Morgan fingerprint density at radius 2 is 1.96 bits per heavy atom. The predicted octanol–water partition coefficient (Wildman–Crippen LogP) is 2.25. The monoisotopic (exact) mass is 359 g/mol. The van der Waals surface area contributed by atoms with Gasteiger partial charge in [0.2, 0.25) is 5.91 Å². The third-order valence-electron chi connectivity index (χ3n) is 5.93. The van der Waals surface area contributed by atoms with Gasteiger partial charge in [0.05, 0.1) is 30.8 Å². The van der Waals surface area contributed by atoms with Crippen molar-refractivity contribution in [1.82, 2.24) is 24.7 Å². The zero-order chi connectivity index (χ0) is 17.9. The Bertz CT molecular complexity index is 665. The number of fused-ring (bicyclic) bond motifs is 1. The molecule has 0 aromatic carbocycles. The molecule has 1 saturated heterocycles. The van der Waals surface area contributed by atoms with Crippen molar-refractivity contribution in [1.29, 1.82) is 0 Å². The summed E-state index contributed by atoms with van der Waals surface area (Å²) in [6.07, 6.45) is 10.3. The Labute approximate surface area is 154 Å². The summed E-state index contributed by atoms with van der Waals surface area (Å²) in [5.74, 6) is 0.215. The van der Waals surface area contributed by atoms with Gasteiger partial charge in [0, 0.05) is 32.1 Å². The van der Waals surface area contributed by atoms with Crippen LogP contribution in [0, 0.1) is 0 Å². The molecule has 3 amide bonds. The number of hydrogen-bond acceptors (Lipinski definition) is 3. The second kappa shape index (κ2) is 7.68. The van der Waals surface area contributed by atoms with Crippen molar-refractivity contribution in [3.63, 3.8) is 0 Å². The standard InChI is InChI=1S/C19H29N5O2/c25-18-8-4-9-22(18)12-16-17-13-23(10-5-11-24(17)14-20-16)19(26)21-15-6-2-1-3-7-15/h14-15H,1-13H2,(H,21,26). The number of carbonyl (C=O) groups is 2. The van der Waals surface area contributed by atoms with Crippen molar-refractivity contribution >= 4 is 11.9 Å². The molecule has 26 heavy (non-hydrogen) atoms. The molecule has 4 rings (SSSR count). The molecule has 0 atom stereocenters. The van der Waals surface area contributed by atoms with E-state index in [1.54, 1.807) is 0 Å². The minimum Gasteiger partial charge on any atom is -0.337 e. The van der Waals surface area contributed by atoms with Gasteiger partial charge in [-0.1, -0.05) is 19.3 Å². The van der Waals surface area contributed by atoms with Crippen LogP contribution in [0.15, 0.2) is 6.33 Å². The summed E-state index contributed by atoms with van der Waals surface area (Å²) < 4.78 is 2.16. The van der Waals surface area contributed by atoms with Gasteiger partial charge in [-0.2, -0.15) is 0 Å². The van der Waals surface area contributed by atoms with Crippen LogP contribution in [0.4, 0.5) is 4.79 Å². The molecule has 0 spiro atoms. The van der Waals surface area contributed by atoms with Crippen molar-refractivity contribution < 1.29 is 9.59 Å². The van der Waals surface area contributed by atoms with Crippen molar-refractivity contribution in [2.75, 3.05) is 13.1 Å². The van der Waals surface area contributed by atoms with Crippen LogP contribution in [0.25, 0.3) is 0 Å². The van der Waals surface area contributed by atoms with E-state index in [4.69, 9.17) is 0 Å². The maximum Gasteiger partial charge on any atom is 0.317 e. The summed E-state index contributed by atoms with van der Waals surface area (Å²) in [6.45, 7) is 3.61. The van der Waals surface area contributed by atoms with Gasteiger partial charge in [-0.05, 0) is 25.7 Å². The van der Waals surface area contributed by atoms with Crippen LogP contribution >= 0.6 is 0 Å². The van der Waals surface area contributed by atoms with Gasteiger partial charge < -0.3 is 19.7 Å². The summed E-state index contributed by atoms with van der Waals surface area (Å²) in [5.41, 5.74) is 2.03. The number of nitrogens with one attached hydrogen (secondary N) is 1. The zero-order valence-corrected chi connectivity index (χ0v) is 15.5. The fourth-order valence-corrected chi connectivity index (χ4v) is 4.39. The molecule has 1 aromatic heterocycles. The number of hydrogen-bond donors (Lipinski definition) is 1. The molecule has 0 radical (unpaired) electrons. The average molecular weight is 359 g/mol. The number of aromatic nitrogens is 2. The van der Waals surface area contributed by atoms with E-state index in [0.717, 1.165) is 56.7 Å². The number of aryl methyl sites for hydroxylation is 1. The first-order valence-electron chi connectivity index (χ1n) is 10.1. The molecule has 142 valence electrons. The molecule has 3 heterocycles. The first kappa shape index (κ1) is 17.4. The highest BCUT2D eigenvalue weighted by atomic mass is 16.2. The molecule has 1 saturated carbocycles. The maximum absolute atomic E-state index is 12.8. The lowest BCUT2D eigenvalue weighted by Gasteiger charge is -2.27. The van der Waals surface area contributed by atoms with Crippen LogP contribution in [-0.2, 0) is 24.4 Å². The number of carbonyl (C=O) groups excluding carboxylic acids is 2. The van der Waals surface area contributed by atoms with Gasteiger partial charge in [0.25, 0.3) is 0 Å². The van der Waals surface area contributed by atoms with E-state index in [1.165, 1.54) is 19.3 Å². The third-order valence-corrected chi connectivity index (χ3v) is 5.93. The van der Waals surface area contributed by atoms with Crippen LogP contribution < -0.4 is 5.32 Å². The Morgan fingerprint density at radius 3 is 2.73 bits per heavy atom. The lowest BCUT2D eigenvalue weighted by molar-refractivity contribution is -0.128. The van der Waals surface area contributed by atoms with Crippen molar-refractivity contribution in [3.8, 4) is 0 Å². The largest absolute Gasteiger partial charge is 0.337 e. The van der Waals surface area contributed by atoms with Crippen molar-refractivity contribution in [2.45, 2.75) is 77.0 Å². The normalized spacial score (nSPS) is 21.6. The maximum atomic E-state index is 12.8. The van der Waals surface area contributed by atoms with Crippen LogP contribution in [-0.4, -0.2) is 50.4 Å². The van der Waals surface area contributed by atoms with E-state index in [-0.39, 0.29) is 11.9 Å². The lowest BCUT2D eigenvalue weighted by atomic mass is 9.96. The molecule has 1 aliphatic carbocycles. The molecule has 3 aliphatic rings. The van der Waals surface area contributed by atoms with E-state index < -0.39 is 0 Å². The molecule has 1 aromatic rings. The topological polar surface area (TPSA) is 70.5 Å². The molecule has 1 N–H and O–H groups in total. The molecule has 7 nitrogen and oxygen atoms in total. The number of rotatable bonds is 3. The van der Waals surface area contributed by atoms with Gasteiger partial charge in [0.15, 0.2) is 0 Å². The van der Waals surface area contributed by atoms with E-state index in [1.807, 2.05) is 16.1 Å². The number of likely N-dealkylation sites (tertiary alicyclic amines) is 1. The molecule has 7 heteroatoms. The van der Waals surface area contributed by atoms with E-state index in [9.17, 15) is 9.59 Å².